The topological polar surface area (TPSA) is 93.2 Å². The summed E-state index contributed by atoms with van der Waals surface area (Å²) in [5, 5.41) is 25.8. The summed E-state index contributed by atoms with van der Waals surface area (Å²) in [4.78, 5) is 4.47. The van der Waals surface area contributed by atoms with E-state index in [1.54, 1.807) is 16.8 Å². The number of hydrogen-bond acceptors (Lipinski definition) is 6. The van der Waals surface area contributed by atoms with Gasteiger partial charge in [0.2, 0.25) is 5.95 Å². The molecule has 8 nitrogen and oxygen atoms in total. The summed E-state index contributed by atoms with van der Waals surface area (Å²) in [7, 11) is 0. The van der Waals surface area contributed by atoms with Crippen LogP contribution in [0.4, 0.5) is 14.7 Å². The fourth-order valence-electron chi connectivity index (χ4n) is 4.36. The zero-order valence-corrected chi connectivity index (χ0v) is 17.7. The molecule has 3 aromatic heterocycles. The van der Waals surface area contributed by atoms with Crippen molar-refractivity contribution in [2.75, 3.05) is 11.9 Å². The average molecular weight is 441 g/mol. The molecule has 0 saturated heterocycles. The van der Waals surface area contributed by atoms with Gasteiger partial charge in [0.05, 0.1) is 22.8 Å². The molecular formula is C22H25F2N7O. The van der Waals surface area contributed by atoms with Gasteiger partial charge in [-0.1, -0.05) is 11.3 Å². The van der Waals surface area contributed by atoms with Gasteiger partial charge in [-0.3, -0.25) is 0 Å². The number of hydrogen-bond donors (Lipinski definition) is 2. The predicted molar refractivity (Wildman–Crippen MR) is 117 cm³/mol. The second-order valence-electron chi connectivity index (χ2n) is 8.83. The number of halogens is 2. The van der Waals surface area contributed by atoms with Crippen molar-refractivity contribution in [3.8, 4) is 11.1 Å². The molecule has 0 radical (unpaired) electrons. The first-order valence-corrected chi connectivity index (χ1v) is 10.8. The van der Waals surface area contributed by atoms with Crippen LogP contribution in [0.2, 0.25) is 0 Å². The first kappa shape index (κ1) is 20.7. The third-order valence-corrected chi connectivity index (χ3v) is 6.28. The molecule has 0 atom stereocenters. The lowest BCUT2D eigenvalue weighted by molar-refractivity contribution is 0.00975. The Hall–Kier alpha value is -3.14. The van der Waals surface area contributed by atoms with Crippen LogP contribution >= 0.6 is 0 Å². The van der Waals surface area contributed by atoms with Crippen LogP contribution in [0.1, 0.15) is 32.6 Å². The summed E-state index contributed by atoms with van der Waals surface area (Å²) in [5.74, 6) is 1.04. The lowest BCUT2D eigenvalue weighted by atomic mass is 9.80. The molecule has 3 heterocycles. The van der Waals surface area contributed by atoms with Gasteiger partial charge < -0.3 is 10.4 Å². The maximum Gasteiger partial charge on any atom is 0.258 e. The molecule has 1 fully saturated rings. The molecule has 1 aliphatic carbocycles. The number of aromatic nitrogens is 6. The van der Waals surface area contributed by atoms with Crippen molar-refractivity contribution in [2.24, 2.45) is 5.92 Å². The van der Waals surface area contributed by atoms with E-state index in [9.17, 15) is 13.9 Å². The first-order valence-electron chi connectivity index (χ1n) is 10.8. The van der Waals surface area contributed by atoms with Crippen LogP contribution in [-0.2, 0) is 6.54 Å². The molecule has 0 aliphatic heterocycles. The smallest absolute Gasteiger partial charge is 0.258 e. The van der Waals surface area contributed by atoms with Gasteiger partial charge in [0.1, 0.15) is 12.1 Å². The molecule has 168 valence electrons. The highest BCUT2D eigenvalue weighted by atomic mass is 19.3. The largest absolute Gasteiger partial charge is 0.390 e. The highest BCUT2D eigenvalue weighted by molar-refractivity contribution is 5.87. The van der Waals surface area contributed by atoms with Crippen LogP contribution in [0, 0.1) is 5.92 Å². The molecule has 1 aliphatic rings. The second-order valence-corrected chi connectivity index (χ2v) is 8.83. The van der Waals surface area contributed by atoms with Gasteiger partial charge in [0, 0.05) is 18.3 Å². The molecular weight excluding hydrogens is 416 g/mol. The maximum absolute atomic E-state index is 12.8. The van der Waals surface area contributed by atoms with E-state index in [0.29, 0.717) is 22.9 Å². The molecule has 4 aromatic rings. The lowest BCUT2D eigenvalue weighted by Gasteiger charge is -2.33. The van der Waals surface area contributed by atoms with E-state index in [1.165, 1.54) is 4.68 Å². The van der Waals surface area contributed by atoms with Crippen molar-refractivity contribution in [2.45, 2.75) is 51.2 Å². The zero-order valence-electron chi connectivity index (χ0n) is 17.7. The van der Waals surface area contributed by atoms with Crippen molar-refractivity contribution >= 4 is 22.5 Å². The average Bonchev–Trinajstić information content (AvgIpc) is 3.36. The van der Waals surface area contributed by atoms with Crippen LogP contribution in [0.5, 0.6) is 0 Å². The summed E-state index contributed by atoms with van der Waals surface area (Å²) in [5.41, 5.74) is 3.17. The quantitative estimate of drug-likeness (QED) is 0.473. The Balaban J connectivity index is 1.35. The lowest BCUT2D eigenvalue weighted by Crippen LogP contribution is -2.32. The number of alkyl halides is 2. The van der Waals surface area contributed by atoms with E-state index in [0.717, 1.165) is 48.9 Å². The fraction of sp³-hybridized carbons (Fsp3) is 0.455. The Morgan fingerprint density at radius 3 is 2.81 bits per heavy atom. The summed E-state index contributed by atoms with van der Waals surface area (Å²) in [6.07, 6.45) is 4.71. The van der Waals surface area contributed by atoms with Crippen LogP contribution < -0.4 is 5.32 Å². The predicted octanol–water partition coefficient (Wildman–Crippen LogP) is 3.76. The van der Waals surface area contributed by atoms with Crippen molar-refractivity contribution in [3.05, 3.63) is 36.7 Å². The third-order valence-electron chi connectivity index (χ3n) is 6.28. The third kappa shape index (κ3) is 4.14. The van der Waals surface area contributed by atoms with E-state index in [4.69, 9.17) is 0 Å². The molecule has 0 spiro atoms. The maximum atomic E-state index is 12.8. The van der Waals surface area contributed by atoms with Gasteiger partial charge in [0.25, 0.3) is 6.43 Å². The van der Waals surface area contributed by atoms with Crippen LogP contribution in [0.25, 0.3) is 27.7 Å². The van der Waals surface area contributed by atoms with Gasteiger partial charge in [-0.2, -0.15) is 0 Å². The number of nitrogens with one attached hydrogen (secondary N) is 1. The molecule has 2 N–H and O–H groups in total. The summed E-state index contributed by atoms with van der Waals surface area (Å²) in [6, 6.07) is 7.42. The Bertz CT molecular complexity index is 1240. The van der Waals surface area contributed by atoms with Crippen LogP contribution in [0.3, 0.4) is 0 Å². The molecule has 0 amide bonds. The Labute approximate surface area is 183 Å². The molecule has 5 rings (SSSR count). The highest BCUT2D eigenvalue weighted by Gasteiger charge is 2.28. The Morgan fingerprint density at radius 1 is 1.22 bits per heavy atom. The van der Waals surface area contributed by atoms with Gasteiger partial charge >= 0.3 is 0 Å². The van der Waals surface area contributed by atoms with Crippen molar-refractivity contribution in [1.29, 1.82) is 0 Å². The minimum absolute atomic E-state index is 0.493. The van der Waals surface area contributed by atoms with Gasteiger partial charge in [-0.15, -0.1) is 10.2 Å². The van der Waals surface area contributed by atoms with E-state index in [2.05, 4.69) is 25.7 Å². The summed E-state index contributed by atoms with van der Waals surface area (Å²) < 4.78 is 28.7. The summed E-state index contributed by atoms with van der Waals surface area (Å²) in [6.45, 7) is 2.18. The number of anilines is 1. The Morgan fingerprint density at radius 2 is 2.03 bits per heavy atom. The van der Waals surface area contributed by atoms with Crippen molar-refractivity contribution < 1.29 is 13.9 Å². The number of benzene rings is 1. The molecule has 1 saturated carbocycles. The minimum Gasteiger partial charge on any atom is -0.390 e. The van der Waals surface area contributed by atoms with Crippen molar-refractivity contribution in [3.63, 3.8) is 0 Å². The zero-order chi connectivity index (χ0) is 22.3. The van der Waals surface area contributed by atoms with Gasteiger partial charge in [0.15, 0.2) is 0 Å². The Kier molecular flexibility index (Phi) is 5.24. The van der Waals surface area contributed by atoms with Gasteiger partial charge in [-0.05, 0) is 62.3 Å². The SMILES string of the molecule is CC1(O)CCC(CNc2ncc3c(-c4ccc5nnn(CC(F)F)c5c4)ccn3n2)CC1. The summed E-state index contributed by atoms with van der Waals surface area (Å²) >= 11 is 0. The van der Waals surface area contributed by atoms with E-state index >= 15 is 0 Å². The minimum atomic E-state index is -2.50. The van der Waals surface area contributed by atoms with Gasteiger partial charge in [-0.25, -0.2) is 23.0 Å². The second kappa shape index (κ2) is 8.09. The first-order chi connectivity index (χ1) is 15.4. The number of nitrogens with zero attached hydrogens (tertiary/aromatic N) is 6. The highest BCUT2D eigenvalue weighted by Crippen LogP contribution is 2.32. The molecule has 10 heteroatoms. The number of rotatable bonds is 6. The molecule has 0 unspecified atom stereocenters. The van der Waals surface area contributed by atoms with E-state index < -0.39 is 18.6 Å². The van der Waals surface area contributed by atoms with E-state index in [1.807, 2.05) is 31.3 Å². The molecule has 1 aromatic carbocycles. The fourth-order valence-corrected chi connectivity index (χ4v) is 4.36. The standard InChI is InChI=1S/C22H25F2N7O/c1-22(32)7-4-14(5-8-22)11-25-21-26-12-19-16(6-9-30(19)28-21)15-2-3-17-18(10-15)31(29-27-17)13-20(23)24/h2-3,6,9-10,12,14,20,32H,4-5,7-8,11,13H2,1H3,(H,25,28). The van der Waals surface area contributed by atoms with E-state index in [-0.39, 0.29) is 0 Å². The number of fused-ring (bicyclic) bond motifs is 2. The monoisotopic (exact) mass is 441 g/mol. The van der Waals surface area contributed by atoms with Crippen LogP contribution in [-0.4, -0.2) is 53.3 Å². The van der Waals surface area contributed by atoms with Crippen molar-refractivity contribution in [1.82, 2.24) is 29.6 Å². The molecule has 0 bridgehead atoms. The molecule has 32 heavy (non-hydrogen) atoms. The van der Waals surface area contributed by atoms with Crippen LogP contribution in [0.15, 0.2) is 36.7 Å². The normalized spacial score (nSPS) is 21.6. The number of aliphatic hydroxyl groups is 1.